The smallest absolute Gasteiger partial charge is 0.443 e. The second-order valence-electron chi connectivity index (χ2n) is 12.9. The van der Waals surface area contributed by atoms with Gasteiger partial charge in [0, 0.05) is 17.6 Å². The SMILES string of the molecule is Cc1cn(C(=O)OC(C)(C)C)c(C(=O)C#Cc2c(F)ccc3c2cc(OC(=O)OC(C)(C)C)n3C(=O)OC(C)(C)C)c1C. The molecule has 0 saturated carbocycles. The number of hydrogen-bond donors (Lipinski definition) is 0. The normalized spacial score (nSPS) is 11.9. The van der Waals surface area contributed by atoms with Gasteiger partial charge in [0.2, 0.25) is 5.88 Å². The summed E-state index contributed by atoms with van der Waals surface area (Å²) in [6.07, 6.45) is -1.29. The lowest BCUT2D eigenvalue weighted by molar-refractivity contribution is 0.0183. The molecule has 0 amide bonds. The molecular weight excluding hydrogens is 559 g/mol. The maximum atomic E-state index is 15.2. The van der Waals surface area contributed by atoms with Crippen LogP contribution in [0.15, 0.2) is 24.4 Å². The van der Waals surface area contributed by atoms with Gasteiger partial charge in [-0.05, 0) is 105 Å². The van der Waals surface area contributed by atoms with Crippen molar-refractivity contribution < 1.29 is 42.5 Å². The molecule has 1 aromatic carbocycles. The number of hydrogen-bond acceptors (Lipinski definition) is 8. The zero-order valence-electron chi connectivity index (χ0n) is 26.3. The molecule has 0 fully saturated rings. The number of aromatic nitrogens is 2. The Morgan fingerprint density at radius 2 is 1.37 bits per heavy atom. The highest BCUT2D eigenvalue weighted by atomic mass is 19.1. The first-order valence-corrected chi connectivity index (χ1v) is 13.5. The molecule has 0 saturated heterocycles. The highest BCUT2D eigenvalue weighted by Crippen LogP contribution is 2.31. The molecule has 0 radical (unpaired) electrons. The number of aryl methyl sites for hydroxylation is 1. The lowest BCUT2D eigenvalue weighted by Crippen LogP contribution is -2.29. The quantitative estimate of drug-likeness (QED) is 0.131. The van der Waals surface area contributed by atoms with Crippen molar-refractivity contribution in [1.29, 1.82) is 0 Å². The standard InChI is InChI=1S/C32H37FN2O8/c1-18-17-34(27(37)41-30(3,4)5)26(19(18)2)24(36)15-12-20-21-16-25(40-29(39)43-32(9,10)11)35(23(21)14-13-22(20)33)28(38)42-31(6,7)8/h13-14,16-17H,1-11H3. The van der Waals surface area contributed by atoms with E-state index in [1.54, 1.807) is 76.2 Å². The average molecular weight is 597 g/mol. The minimum absolute atomic E-state index is 0.0212. The monoisotopic (exact) mass is 596 g/mol. The molecule has 0 N–H and O–H groups in total. The highest BCUT2D eigenvalue weighted by Gasteiger charge is 2.28. The second kappa shape index (κ2) is 11.6. The van der Waals surface area contributed by atoms with Crippen LogP contribution in [0.2, 0.25) is 0 Å². The number of ether oxygens (including phenoxy) is 4. The van der Waals surface area contributed by atoms with Gasteiger partial charge >= 0.3 is 18.3 Å². The van der Waals surface area contributed by atoms with E-state index in [2.05, 4.69) is 11.8 Å². The predicted octanol–water partition coefficient (Wildman–Crippen LogP) is 7.31. The van der Waals surface area contributed by atoms with Crippen LogP contribution in [-0.2, 0) is 14.2 Å². The third kappa shape index (κ3) is 8.03. The second-order valence-corrected chi connectivity index (χ2v) is 12.9. The number of nitrogens with zero attached hydrogens (tertiary/aromatic N) is 2. The Bertz CT molecular complexity index is 1680. The number of carbonyl (C=O) groups excluding carboxylic acids is 4. The molecular formula is C32H37FN2O8. The summed E-state index contributed by atoms with van der Waals surface area (Å²) < 4.78 is 38.7. The Kier molecular flexibility index (Phi) is 8.87. The number of Topliss-reactive ketones (excluding diaryl/α,β-unsaturated/α-hetero) is 1. The first kappa shape index (κ1) is 32.9. The van der Waals surface area contributed by atoms with E-state index in [0.29, 0.717) is 11.1 Å². The molecule has 2 heterocycles. The summed E-state index contributed by atoms with van der Waals surface area (Å²) in [5.41, 5.74) is -1.61. The van der Waals surface area contributed by atoms with E-state index >= 15 is 4.39 Å². The van der Waals surface area contributed by atoms with Gasteiger partial charge in [-0.15, -0.1) is 0 Å². The molecule has 2 aromatic heterocycles. The summed E-state index contributed by atoms with van der Waals surface area (Å²) in [7, 11) is 0. The van der Waals surface area contributed by atoms with Crippen molar-refractivity contribution in [2.75, 3.05) is 0 Å². The van der Waals surface area contributed by atoms with E-state index in [0.717, 1.165) is 15.2 Å². The van der Waals surface area contributed by atoms with Crippen LogP contribution in [-0.4, -0.2) is 50.1 Å². The Hall–Kier alpha value is -4.59. The minimum atomic E-state index is -1.10. The van der Waals surface area contributed by atoms with Gasteiger partial charge < -0.3 is 18.9 Å². The number of fused-ring (bicyclic) bond motifs is 1. The van der Waals surface area contributed by atoms with Gasteiger partial charge in [-0.1, -0.05) is 5.92 Å². The van der Waals surface area contributed by atoms with Crippen molar-refractivity contribution >= 4 is 35.0 Å². The largest absolute Gasteiger partial charge is 0.515 e. The molecule has 0 aliphatic rings. The fourth-order valence-electron chi connectivity index (χ4n) is 3.92. The first-order valence-electron chi connectivity index (χ1n) is 13.5. The molecule has 3 aromatic rings. The molecule has 0 bridgehead atoms. The van der Waals surface area contributed by atoms with E-state index in [-0.39, 0.29) is 28.0 Å². The van der Waals surface area contributed by atoms with Crippen LogP contribution in [0.25, 0.3) is 10.9 Å². The fraction of sp³-hybridized carbons (Fsp3) is 0.438. The van der Waals surface area contributed by atoms with Crippen LogP contribution in [0.1, 0.15) is 89.5 Å². The maximum Gasteiger partial charge on any atom is 0.515 e. The summed E-state index contributed by atoms with van der Waals surface area (Å²) in [6.45, 7) is 18.4. The molecule has 0 aliphatic heterocycles. The van der Waals surface area contributed by atoms with E-state index in [4.69, 9.17) is 18.9 Å². The lowest BCUT2D eigenvalue weighted by Gasteiger charge is -2.21. The Morgan fingerprint density at radius 1 is 0.814 bits per heavy atom. The molecule has 0 atom stereocenters. The van der Waals surface area contributed by atoms with E-state index in [9.17, 15) is 19.2 Å². The third-order valence-electron chi connectivity index (χ3n) is 5.67. The van der Waals surface area contributed by atoms with Crippen molar-refractivity contribution in [3.8, 4) is 17.7 Å². The summed E-state index contributed by atoms with van der Waals surface area (Å²) in [6, 6.07) is 3.60. The molecule has 3 rings (SSSR count). The van der Waals surface area contributed by atoms with Crippen LogP contribution in [0.4, 0.5) is 18.8 Å². The van der Waals surface area contributed by atoms with Crippen LogP contribution in [0.3, 0.4) is 0 Å². The summed E-state index contributed by atoms with van der Waals surface area (Å²) in [4.78, 5) is 51.8. The van der Waals surface area contributed by atoms with Crippen LogP contribution < -0.4 is 4.74 Å². The van der Waals surface area contributed by atoms with Gasteiger partial charge in [-0.25, -0.2) is 27.9 Å². The molecule has 0 unspecified atom stereocenters. The zero-order chi connectivity index (χ0) is 32.7. The maximum absolute atomic E-state index is 15.2. The molecule has 230 valence electrons. The van der Waals surface area contributed by atoms with Crippen molar-refractivity contribution in [3.05, 3.63) is 52.6 Å². The molecule has 0 aliphatic carbocycles. The number of rotatable bonds is 2. The van der Waals surface area contributed by atoms with Gasteiger partial charge in [-0.2, -0.15) is 0 Å². The first-order chi connectivity index (χ1) is 19.6. The van der Waals surface area contributed by atoms with E-state index < -0.39 is 46.7 Å². The molecule has 11 heteroatoms. The van der Waals surface area contributed by atoms with Gasteiger partial charge in [0.15, 0.2) is 0 Å². The third-order valence-corrected chi connectivity index (χ3v) is 5.67. The number of ketones is 1. The molecule has 43 heavy (non-hydrogen) atoms. The Morgan fingerprint density at radius 3 is 1.93 bits per heavy atom. The van der Waals surface area contributed by atoms with Gasteiger partial charge in [0.25, 0.3) is 5.78 Å². The summed E-state index contributed by atoms with van der Waals surface area (Å²) in [5, 5.41) is 0.0696. The fourth-order valence-corrected chi connectivity index (χ4v) is 3.92. The highest BCUT2D eigenvalue weighted by molar-refractivity contribution is 6.11. The average Bonchev–Trinajstić information content (AvgIpc) is 3.31. The van der Waals surface area contributed by atoms with E-state index in [1.807, 2.05) is 0 Å². The molecule has 0 spiro atoms. The van der Waals surface area contributed by atoms with Crippen LogP contribution >= 0.6 is 0 Å². The zero-order valence-corrected chi connectivity index (χ0v) is 26.3. The summed E-state index contributed by atoms with van der Waals surface area (Å²) >= 11 is 0. The number of halogens is 1. The van der Waals surface area contributed by atoms with Gasteiger partial charge in [0.05, 0.1) is 11.1 Å². The van der Waals surface area contributed by atoms with Crippen molar-refractivity contribution in [2.24, 2.45) is 0 Å². The molecule has 10 nitrogen and oxygen atoms in total. The van der Waals surface area contributed by atoms with E-state index in [1.165, 1.54) is 18.3 Å². The van der Waals surface area contributed by atoms with Gasteiger partial charge in [-0.3, -0.25) is 4.79 Å². The minimum Gasteiger partial charge on any atom is -0.443 e. The lowest BCUT2D eigenvalue weighted by atomic mass is 10.1. The number of benzene rings is 1. The predicted molar refractivity (Wildman–Crippen MR) is 157 cm³/mol. The topological polar surface area (TPSA) is 115 Å². The van der Waals surface area contributed by atoms with Crippen molar-refractivity contribution in [3.63, 3.8) is 0 Å². The van der Waals surface area contributed by atoms with Crippen molar-refractivity contribution in [1.82, 2.24) is 9.13 Å². The Labute approximate surface area is 250 Å². The number of carbonyl (C=O) groups is 4. The van der Waals surface area contributed by atoms with Crippen molar-refractivity contribution in [2.45, 2.75) is 93.0 Å². The Balaban J connectivity index is 2.16. The van der Waals surface area contributed by atoms with Gasteiger partial charge in [0.1, 0.15) is 28.3 Å². The summed E-state index contributed by atoms with van der Waals surface area (Å²) in [5.74, 6) is 3.10. The van der Waals surface area contributed by atoms with Crippen LogP contribution in [0, 0.1) is 31.5 Å². The van der Waals surface area contributed by atoms with Crippen LogP contribution in [0.5, 0.6) is 5.88 Å².